The van der Waals surface area contributed by atoms with Gasteiger partial charge in [0.15, 0.2) is 0 Å². The Balaban J connectivity index is 1.28. The molecule has 6 rings (SSSR count). The molecule has 3 heterocycles. The summed E-state index contributed by atoms with van der Waals surface area (Å²) < 4.78 is 39.3. The molecule has 1 aromatic rings. The molecular weight excluding hydrogens is 703 g/mol. The summed E-state index contributed by atoms with van der Waals surface area (Å²) >= 11 is 0. The Kier molecular flexibility index (Phi) is 10.6. The van der Waals surface area contributed by atoms with Crippen LogP contribution < -0.4 is 15.4 Å². The van der Waals surface area contributed by atoms with Crippen LogP contribution in [0.25, 0.3) is 0 Å². The number of hydrogen-bond donors (Lipinski definition) is 3. The van der Waals surface area contributed by atoms with Crippen LogP contribution in [0, 0.1) is 16.7 Å². The van der Waals surface area contributed by atoms with E-state index >= 15 is 0 Å². The van der Waals surface area contributed by atoms with Gasteiger partial charge in [-0.2, -0.15) is 0 Å². The molecule has 0 radical (unpaired) electrons. The Bertz CT molecular complexity index is 1750. The summed E-state index contributed by atoms with van der Waals surface area (Å²) in [6.45, 7) is 12.1. The number of rotatable bonds is 6. The second-order valence-corrected chi connectivity index (χ2v) is 19.5. The first-order valence-electron chi connectivity index (χ1n) is 19.0. The number of nitrogens with one attached hydrogen (secondary N) is 3. The van der Waals surface area contributed by atoms with E-state index in [0.29, 0.717) is 32.4 Å². The summed E-state index contributed by atoms with van der Waals surface area (Å²) in [5.41, 5.74) is 0.742. The van der Waals surface area contributed by atoms with Crippen molar-refractivity contribution in [1.82, 2.24) is 25.2 Å². The summed E-state index contributed by atoms with van der Waals surface area (Å²) in [5, 5.41) is 4.95. The average molecular weight is 758 g/mol. The normalized spacial score (nSPS) is 29.4. The van der Waals surface area contributed by atoms with Gasteiger partial charge in [0.05, 0.1) is 18.4 Å². The number of benzene rings is 1. The molecule has 292 valence electrons. The van der Waals surface area contributed by atoms with E-state index < -0.39 is 74.3 Å². The first kappa shape index (κ1) is 38.8. The molecule has 3 fully saturated rings. The highest BCUT2D eigenvalue weighted by Crippen LogP contribution is 2.47. The number of fused-ring (bicyclic) bond motifs is 3. The van der Waals surface area contributed by atoms with Gasteiger partial charge in [0.2, 0.25) is 21.8 Å². The van der Waals surface area contributed by atoms with Crippen LogP contribution in [0.5, 0.6) is 0 Å². The molecule has 0 spiro atoms. The standard InChI is InChI=1S/C38H55N5O9S/c1-7-25-18-38(25,33(46)41-53(49,50)27-14-15-27)40-31(44)29-17-26-20-43(29)32(45)30(36(2,3)4)39-34(47)51-22-37(5,6)16-9-8-11-23-12-10-13-24-19-42(21-28(23)24)35(48)52-26/h10,12-13,25-27,29-30H,7-9,11,14-22H2,1-6H3,(H,39,47)(H,40,44)(H,41,46)/t25?,26-,29+,30-,38-/m1/s1. The summed E-state index contributed by atoms with van der Waals surface area (Å²) in [6, 6.07) is 3.80. The minimum atomic E-state index is -3.88. The minimum Gasteiger partial charge on any atom is -0.449 e. The van der Waals surface area contributed by atoms with Gasteiger partial charge in [-0.15, -0.1) is 0 Å². The molecule has 3 aliphatic heterocycles. The van der Waals surface area contributed by atoms with Crippen molar-refractivity contribution in [2.75, 3.05) is 13.2 Å². The number of cyclic esters (lactones) is 1. The largest absolute Gasteiger partial charge is 0.449 e. The molecule has 2 aliphatic carbocycles. The van der Waals surface area contributed by atoms with E-state index in [2.05, 4.69) is 21.4 Å². The maximum atomic E-state index is 14.5. The van der Waals surface area contributed by atoms with E-state index in [1.54, 1.807) is 25.7 Å². The molecular formula is C38H55N5O9S. The second kappa shape index (κ2) is 14.4. The van der Waals surface area contributed by atoms with Crippen molar-refractivity contribution < 1.29 is 41.9 Å². The molecule has 14 nitrogen and oxygen atoms in total. The highest BCUT2D eigenvalue weighted by Gasteiger charge is 2.62. The molecule has 5 aliphatic rings. The number of hydrogen-bond acceptors (Lipinski definition) is 9. The van der Waals surface area contributed by atoms with Gasteiger partial charge < -0.3 is 25.0 Å². The van der Waals surface area contributed by atoms with Gasteiger partial charge in [-0.3, -0.25) is 24.0 Å². The van der Waals surface area contributed by atoms with E-state index in [-0.39, 0.29) is 37.3 Å². The number of alkyl carbamates (subject to hydrolysis) is 1. The van der Waals surface area contributed by atoms with E-state index in [0.717, 1.165) is 36.8 Å². The Morgan fingerprint density at radius 3 is 2.43 bits per heavy atom. The van der Waals surface area contributed by atoms with Gasteiger partial charge in [0.25, 0.3) is 5.91 Å². The van der Waals surface area contributed by atoms with Crippen LogP contribution in [-0.4, -0.2) is 90.3 Å². The quantitative estimate of drug-likeness (QED) is 0.388. The second-order valence-electron chi connectivity index (χ2n) is 17.5. The van der Waals surface area contributed by atoms with E-state index in [9.17, 15) is 32.4 Å². The summed E-state index contributed by atoms with van der Waals surface area (Å²) in [5.74, 6) is -2.33. The predicted molar refractivity (Wildman–Crippen MR) is 194 cm³/mol. The highest BCUT2D eigenvalue weighted by atomic mass is 32.2. The van der Waals surface area contributed by atoms with Crippen LogP contribution in [0.15, 0.2) is 18.2 Å². The molecule has 4 bridgehead atoms. The zero-order valence-electron chi connectivity index (χ0n) is 31.8. The highest BCUT2D eigenvalue weighted by molar-refractivity contribution is 7.91. The first-order chi connectivity index (χ1) is 24.8. The molecule has 53 heavy (non-hydrogen) atoms. The first-order valence-corrected chi connectivity index (χ1v) is 20.6. The number of nitrogens with zero attached hydrogens (tertiary/aromatic N) is 2. The molecule has 1 saturated heterocycles. The van der Waals surface area contributed by atoms with Crippen molar-refractivity contribution >= 4 is 39.9 Å². The third-order valence-corrected chi connectivity index (χ3v) is 13.3. The number of sulfonamides is 1. The lowest BCUT2D eigenvalue weighted by atomic mass is 9.85. The molecule has 15 heteroatoms. The number of aryl methyl sites for hydroxylation is 1. The third kappa shape index (κ3) is 8.44. The lowest BCUT2D eigenvalue weighted by molar-refractivity contribution is -0.143. The molecule has 5 amide bonds. The molecule has 5 atom stereocenters. The van der Waals surface area contributed by atoms with Crippen molar-refractivity contribution in [3.63, 3.8) is 0 Å². The van der Waals surface area contributed by atoms with Gasteiger partial charge in [0, 0.05) is 19.5 Å². The molecule has 1 aromatic carbocycles. The van der Waals surface area contributed by atoms with Gasteiger partial charge >= 0.3 is 12.2 Å². The molecule has 1 unspecified atom stereocenters. The topological polar surface area (TPSA) is 181 Å². The van der Waals surface area contributed by atoms with Crippen molar-refractivity contribution in [1.29, 1.82) is 0 Å². The van der Waals surface area contributed by atoms with Crippen LogP contribution in [-0.2, 0) is 53.4 Å². The van der Waals surface area contributed by atoms with Crippen molar-refractivity contribution in [3.8, 4) is 0 Å². The van der Waals surface area contributed by atoms with E-state index in [4.69, 9.17) is 9.47 Å². The maximum Gasteiger partial charge on any atom is 0.410 e. The van der Waals surface area contributed by atoms with Crippen LogP contribution in [0.2, 0.25) is 0 Å². The van der Waals surface area contributed by atoms with Gasteiger partial charge in [0.1, 0.15) is 23.7 Å². The maximum absolute atomic E-state index is 14.5. The van der Waals surface area contributed by atoms with Crippen LogP contribution in [0.1, 0.15) is 110 Å². The average Bonchev–Trinajstić information content (AvgIpc) is 3.97. The van der Waals surface area contributed by atoms with Gasteiger partial charge in [-0.25, -0.2) is 18.0 Å². The van der Waals surface area contributed by atoms with Crippen LogP contribution in [0.3, 0.4) is 0 Å². The smallest absolute Gasteiger partial charge is 0.410 e. The molecule has 0 aromatic heterocycles. The zero-order valence-corrected chi connectivity index (χ0v) is 32.6. The van der Waals surface area contributed by atoms with Crippen molar-refractivity contribution in [3.05, 3.63) is 34.9 Å². The number of amides is 5. The van der Waals surface area contributed by atoms with Gasteiger partial charge in [-0.05, 0) is 72.0 Å². The monoisotopic (exact) mass is 757 g/mol. The number of ether oxygens (including phenoxy) is 2. The fraction of sp³-hybridized carbons (Fsp3) is 0.711. The van der Waals surface area contributed by atoms with E-state index in [1.807, 2.05) is 32.9 Å². The van der Waals surface area contributed by atoms with Crippen LogP contribution in [0.4, 0.5) is 9.59 Å². The van der Waals surface area contributed by atoms with Crippen molar-refractivity contribution in [2.24, 2.45) is 16.7 Å². The van der Waals surface area contributed by atoms with Crippen molar-refractivity contribution in [2.45, 2.75) is 141 Å². The van der Waals surface area contributed by atoms with Gasteiger partial charge in [-0.1, -0.05) is 72.6 Å². The fourth-order valence-electron chi connectivity index (χ4n) is 7.97. The Morgan fingerprint density at radius 1 is 1.06 bits per heavy atom. The molecule has 3 N–H and O–H groups in total. The molecule has 2 saturated carbocycles. The minimum absolute atomic E-state index is 0.0558. The van der Waals surface area contributed by atoms with Crippen LogP contribution >= 0.6 is 0 Å². The SMILES string of the molecule is CCC1C[C@]1(NC(=O)[C@@H]1C[C@@H]2CN1C(=O)[C@H](C(C)(C)C)NC(=O)OCC(C)(C)CCCCc1cccc3c1CN(C3)C(=O)O2)C(=O)NS(=O)(=O)C1CC1. The van der Waals surface area contributed by atoms with E-state index in [1.165, 1.54) is 10.5 Å². The lowest BCUT2D eigenvalue weighted by Gasteiger charge is -2.35. The zero-order chi connectivity index (χ0) is 38.5. The summed E-state index contributed by atoms with van der Waals surface area (Å²) in [7, 11) is -3.88. The summed E-state index contributed by atoms with van der Waals surface area (Å²) in [4.78, 5) is 72.1. The number of carbonyl (C=O) groups is 5. The Labute approximate surface area is 312 Å². The Morgan fingerprint density at radius 2 is 1.77 bits per heavy atom. The fourth-order valence-corrected chi connectivity index (χ4v) is 9.33. The third-order valence-electron chi connectivity index (χ3n) is 11.5. The lowest BCUT2D eigenvalue weighted by Crippen LogP contribution is -2.60. The Hall–Kier alpha value is -3.88. The predicted octanol–water partition coefficient (Wildman–Crippen LogP) is 3.90. The summed E-state index contributed by atoms with van der Waals surface area (Å²) in [6.07, 6.45) is 2.94. The number of carbonyl (C=O) groups excluding carboxylic acids is 5.